The molecule has 1 aliphatic rings. The molecule has 0 saturated carbocycles. The van der Waals surface area contributed by atoms with Crippen molar-refractivity contribution in [3.05, 3.63) is 0 Å². The first-order chi connectivity index (χ1) is 7.70. The predicted octanol–water partition coefficient (Wildman–Crippen LogP) is 2.55. The van der Waals surface area contributed by atoms with Crippen LogP contribution in [0.4, 0.5) is 4.79 Å². The number of aliphatic hydroxyl groups is 1. The highest BCUT2D eigenvalue weighted by Gasteiger charge is 2.37. The van der Waals surface area contributed by atoms with E-state index in [0.717, 1.165) is 12.8 Å². The van der Waals surface area contributed by atoms with Gasteiger partial charge in [0.25, 0.3) is 0 Å². The maximum Gasteiger partial charge on any atom is 0.410 e. The standard InChI is InChI=1S/C13H25NO3/c1-9-6-7-11(8-10(2)15)14(9)12(16)17-13(3,4)5/h9-11,15H,6-8H2,1-5H3. The zero-order valence-electron chi connectivity index (χ0n) is 11.6. The van der Waals surface area contributed by atoms with E-state index >= 15 is 0 Å². The van der Waals surface area contributed by atoms with Gasteiger partial charge in [0.1, 0.15) is 5.60 Å². The molecule has 0 bridgehead atoms. The molecule has 1 aliphatic heterocycles. The van der Waals surface area contributed by atoms with Crippen LogP contribution in [0.1, 0.15) is 53.9 Å². The highest BCUT2D eigenvalue weighted by molar-refractivity contribution is 5.69. The zero-order chi connectivity index (χ0) is 13.2. The van der Waals surface area contributed by atoms with E-state index in [1.807, 2.05) is 27.7 Å². The van der Waals surface area contributed by atoms with Crippen molar-refractivity contribution in [2.75, 3.05) is 0 Å². The van der Waals surface area contributed by atoms with Gasteiger partial charge in [0.2, 0.25) is 0 Å². The van der Waals surface area contributed by atoms with Crippen LogP contribution >= 0.6 is 0 Å². The summed E-state index contributed by atoms with van der Waals surface area (Å²) in [7, 11) is 0. The fourth-order valence-electron chi connectivity index (χ4n) is 2.34. The average Bonchev–Trinajstić information content (AvgIpc) is 2.42. The van der Waals surface area contributed by atoms with Gasteiger partial charge in [0.05, 0.1) is 6.10 Å². The molecule has 0 aliphatic carbocycles. The molecule has 100 valence electrons. The Bertz CT molecular complexity index is 270. The topological polar surface area (TPSA) is 49.8 Å². The first kappa shape index (κ1) is 14.3. The zero-order valence-corrected chi connectivity index (χ0v) is 11.6. The summed E-state index contributed by atoms with van der Waals surface area (Å²) in [6.07, 6.45) is 1.93. The van der Waals surface area contributed by atoms with Gasteiger partial charge in [-0.25, -0.2) is 4.79 Å². The van der Waals surface area contributed by atoms with E-state index in [4.69, 9.17) is 4.74 Å². The van der Waals surface area contributed by atoms with Crippen LogP contribution in [0.3, 0.4) is 0 Å². The van der Waals surface area contributed by atoms with Crippen LogP contribution in [0.25, 0.3) is 0 Å². The SMILES string of the molecule is CC(O)CC1CCC(C)N1C(=O)OC(C)(C)C. The van der Waals surface area contributed by atoms with Crippen molar-refractivity contribution >= 4 is 6.09 Å². The summed E-state index contributed by atoms with van der Waals surface area (Å²) < 4.78 is 5.41. The molecular formula is C13H25NO3. The van der Waals surface area contributed by atoms with Crippen molar-refractivity contribution in [3.8, 4) is 0 Å². The monoisotopic (exact) mass is 243 g/mol. The van der Waals surface area contributed by atoms with Crippen LogP contribution in [-0.2, 0) is 4.74 Å². The highest BCUT2D eigenvalue weighted by atomic mass is 16.6. The molecule has 4 heteroatoms. The lowest BCUT2D eigenvalue weighted by atomic mass is 10.1. The second kappa shape index (κ2) is 5.25. The lowest BCUT2D eigenvalue weighted by molar-refractivity contribution is 0.0118. The summed E-state index contributed by atoms with van der Waals surface area (Å²) in [5, 5.41) is 9.45. The van der Waals surface area contributed by atoms with Gasteiger partial charge in [-0.3, -0.25) is 0 Å². The Hall–Kier alpha value is -0.770. The van der Waals surface area contributed by atoms with Crippen molar-refractivity contribution in [2.45, 2.75) is 77.7 Å². The fourth-order valence-corrected chi connectivity index (χ4v) is 2.34. The van der Waals surface area contributed by atoms with Gasteiger partial charge in [-0.15, -0.1) is 0 Å². The van der Waals surface area contributed by atoms with E-state index in [2.05, 4.69) is 0 Å². The third-order valence-electron chi connectivity index (χ3n) is 3.00. The third-order valence-corrected chi connectivity index (χ3v) is 3.00. The Kier molecular flexibility index (Phi) is 4.42. The number of carbonyl (C=O) groups excluding carboxylic acids is 1. The lowest BCUT2D eigenvalue weighted by Gasteiger charge is -2.31. The van der Waals surface area contributed by atoms with Crippen molar-refractivity contribution in [2.24, 2.45) is 0 Å². The summed E-state index contributed by atoms with van der Waals surface area (Å²) in [6, 6.07) is 0.313. The van der Waals surface area contributed by atoms with Gasteiger partial charge in [0.15, 0.2) is 0 Å². The molecule has 1 amide bonds. The van der Waals surface area contributed by atoms with Crippen LogP contribution in [0.15, 0.2) is 0 Å². The predicted molar refractivity (Wildman–Crippen MR) is 66.9 cm³/mol. The molecule has 1 saturated heterocycles. The van der Waals surface area contributed by atoms with Crippen LogP contribution in [-0.4, -0.2) is 39.9 Å². The van der Waals surface area contributed by atoms with E-state index in [9.17, 15) is 9.90 Å². The summed E-state index contributed by atoms with van der Waals surface area (Å²) in [5.74, 6) is 0. The number of carbonyl (C=O) groups is 1. The molecule has 17 heavy (non-hydrogen) atoms. The van der Waals surface area contributed by atoms with E-state index in [1.165, 1.54) is 0 Å². The molecule has 0 radical (unpaired) electrons. The van der Waals surface area contributed by atoms with Gasteiger partial charge in [-0.1, -0.05) is 0 Å². The molecule has 3 unspecified atom stereocenters. The number of hydrogen-bond donors (Lipinski definition) is 1. The number of hydrogen-bond acceptors (Lipinski definition) is 3. The van der Waals surface area contributed by atoms with Gasteiger partial charge in [-0.05, 0) is 53.9 Å². The molecule has 1 rings (SSSR count). The molecule has 3 atom stereocenters. The minimum absolute atomic E-state index is 0.111. The van der Waals surface area contributed by atoms with Crippen molar-refractivity contribution in [3.63, 3.8) is 0 Å². The maximum atomic E-state index is 12.1. The smallest absolute Gasteiger partial charge is 0.410 e. The Morgan fingerprint density at radius 1 is 1.47 bits per heavy atom. The number of aliphatic hydroxyl groups excluding tert-OH is 1. The van der Waals surface area contributed by atoms with Gasteiger partial charge in [0, 0.05) is 12.1 Å². The number of ether oxygens (including phenoxy) is 1. The number of likely N-dealkylation sites (tertiary alicyclic amines) is 1. The first-order valence-corrected chi connectivity index (χ1v) is 6.40. The van der Waals surface area contributed by atoms with E-state index in [1.54, 1.807) is 11.8 Å². The minimum atomic E-state index is -0.464. The molecular weight excluding hydrogens is 218 g/mol. The molecule has 0 aromatic heterocycles. The highest BCUT2D eigenvalue weighted by Crippen LogP contribution is 2.28. The van der Waals surface area contributed by atoms with E-state index in [-0.39, 0.29) is 24.3 Å². The molecule has 0 aromatic carbocycles. The fraction of sp³-hybridized carbons (Fsp3) is 0.923. The Balaban J connectivity index is 2.67. The molecule has 1 N–H and O–H groups in total. The molecule has 1 fully saturated rings. The Morgan fingerprint density at radius 2 is 2.06 bits per heavy atom. The molecule has 0 aromatic rings. The normalized spacial score (nSPS) is 27.1. The van der Waals surface area contributed by atoms with Crippen molar-refractivity contribution in [1.82, 2.24) is 4.90 Å². The number of rotatable bonds is 2. The van der Waals surface area contributed by atoms with Crippen molar-refractivity contribution in [1.29, 1.82) is 0 Å². The van der Waals surface area contributed by atoms with Gasteiger partial charge in [-0.2, -0.15) is 0 Å². The largest absolute Gasteiger partial charge is 0.444 e. The van der Waals surface area contributed by atoms with Crippen LogP contribution in [0, 0.1) is 0 Å². The average molecular weight is 243 g/mol. The van der Waals surface area contributed by atoms with Crippen molar-refractivity contribution < 1.29 is 14.6 Å². The second-order valence-electron chi connectivity index (χ2n) is 6.05. The van der Waals surface area contributed by atoms with Gasteiger partial charge < -0.3 is 14.7 Å². The molecule has 0 spiro atoms. The van der Waals surface area contributed by atoms with Gasteiger partial charge >= 0.3 is 6.09 Å². The second-order valence-corrected chi connectivity index (χ2v) is 6.05. The van der Waals surface area contributed by atoms with Crippen LogP contribution < -0.4 is 0 Å². The summed E-state index contributed by atoms with van der Waals surface area (Å²) in [5.41, 5.74) is -0.464. The quantitative estimate of drug-likeness (QED) is 0.811. The Morgan fingerprint density at radius 3 is 2.53 bits per heavy atom. The maximum absolute atomic E-state index is 12.1. The molecule has 1 heterocycles. The minimum Gasteiger partial charge on any atom is -0.444 e. The third kappa shape index (κ3) is 4.19. The summed E-state index contributed by atoms with van der Waals surface area (Å²) in [6.45, 7) is 9.40. The lowest BCUT2D eigenvalue weighted by Crippen LogP contribution is -2.44. The number of nitrogens with zero attached hydrogens (tertiary/aromatic N) is 1. The molecule has 4 nitrogen and oxygen atoms in total. The summed E-state index contributed by atoms with van der Waals surface area (Å²) in [4.78, 5) is 13.9. The summed E-state index contributed by atoms with van der Waals surface area (Å²) >= 11 is 0. The Labute approximate surface area is 104 Å². The van der Waals surface area contributed by atoms with E-state index < -0.39 is 5.60 Å². The van der Waals surface area contributed by atoms with E-state index in [0.29, 0.717) is 6.42 Å². The first-order valence-electron chi connectivity index (χ1n) is 6.40. The van der Waals surface area contributed by atoms with Crippen LogP contribution in [0.2, 0.25) is 0 Å². The van der Waals surface area contributed by atoms with Crippen LogP contribution in [0.5, 0.6) is 0 Å². The number of amides is 1.